The zero-order valence-corrected chi connectivity index (χ0v) is 16.1. The van der Waals surface area contributed by atoms with Crippen LogP contribution in [0.5, 0.6) is 0 Å². The molecule has 0 spiro atoms. The third-order valence-corrected chi connectivity index (χ3v) is 4.80. The summed E-state index contributed by atoms with van der Waals surface area (Å²) in [5.74, 6) is 1.06. The molecule has 0 saturated carbocycles. The van der Waals surface area contributed by atoms with Crippen LogP contribution in [0.3, 0.4) is 0 Å². The van der Waals surface area contributed by atoms with Gasteiger partial charge in [0.05, 0.1) is 11.9 Å². The molecule has 1 aliphatic rings. The molecule has 7 heteroatoms. The predicted molar refractivity (Wildman–Crippen MR) is 110 cm³/mol. The minimum Gasteiger partial charge on any atom is -0.366 e. The van der Waals surface area contributed by atoms with Gasteiger partial charge in [0.1, 0.15) is 5.82 Å². The van der Waals surface area contributed by atoms with Gasteiger partial charge >= 0.3 is 0 Å². The topological polar surface area (TPSA) is 57.2 Å². The molecule has 1 saturated heterocycles. The van der Waals surface area contributed by atoms with Gasteiger partial charge in [-0.1, -0.05) is 18.2 Å². The van der Waals surface area contributed by atoms with Crippen LogP contribution in [0.4, 0.5) is 27.5 Å². The summed E-state index contributed by atoms with van der Waals surface area (Å²) in [6.45, 7) is 6.97. The standard InChI is InChI=1S/C21H23FN6/c1-15-11-16(2)13-17(12-15)24-20-14-23-26-21(25-20)28-9-7-27(8-10-28)19-6-4-3-5-18(19)22/h3-6,11-14H,7-10H2,1-2H3,(H,24,25,26). The van der Waals surface area contributed by atoms with E-state index in [1.165, 1.54) is 17.2 Å². The van der Waals surface area contributed by atoms with Crippen molar-refractivity contribution in [2.24, 2.45) is 0 Å². The summed E-state index contributed by atoms with van der Waals surface area (Å²) >= 11 is 0. The lowest BCUT2D eigenvalue weighted by Crippen LogP contribution is -2.47. The van der Waals surface area contributed by atoms with E-state index in [1.54, 1.807) is 12.3 Å². The van der Waals surface area contributed by atoms with Crippen molar-refractivity contribution in [3.05, 3.63) is 65.6 Å². The Balaban J connectivity index is 1.44. The highest BCUT2D eigenvalue weighted by Gasteiger charge is 2.21. The number of benzene rings is 2. The van der Waals surface area contributed by atoms with Gasteiger partial charge in [0.2, 0.25) is 5.95 Å². The molecule has 2 heterocycles. The minimum atomic E-state index is -0.187. The molecule has 0 amide bonds. The van der Waals surface area contributed by atoms with Gasteiger partial charge in [-0.15, -0.1) is 5.10 Å². The average molecular weight is 378 g/mol. The Morgan fingerprint density at radius 1 is 0.929 bits per heavy atom. The summed E-state index contributed by atoms with van der Waals surface area (Å²) in [6.07, 6.45) is 1.62. The highest BCUT2D eigenvalue weighted by molar-refractivity contribution is 5.58. The van der Waals surface area contributed by atoms with E-state index in [2.05, 4.69) is 62.3 Å². The second-order valence-corrected chi connectivity index (χ2v) is 7.07. The number of aryl methyl sites for hydroxylation is 2. The summed E-state index contributed by atoms with van der Waals surface area (Å²) in [4.78, 5) is 8.75. The molecular weight excluding hydrogens is 355 g/mol. The van der Waals surface area contributed by atoms with Crippen molar-refractivity contribution in [1.82, 2.24) is 15.2 Å². The number of nitrogens with one attached hydrogen (secondary N) is 1. The summed E-state index contributed by atoms with van der Waals surface area (Å²) < 4.78 is 14.0. The van der Waals surface area contributed by atoms with E-state index in [0.717, 1.165) is 5.69 Å². The number of hydrogen-bond acceptors (Lipinski definition) is 6. The molecule has 6 nitrogen and oxygen atoms in total. The number of hydrogen-bond donors (Lipinski definition) is 1. The second-order valence-electron chi connectivity index (χ2n) is 7.07. The van der Waals surface area contributed by atoms with Crippen LogP contribution in [0.15, 0.2) is 48.7 Å². The molecule has 4 rings (SSSR count). The summed E-state index contributed by atoms with van der Waals surface area (Å²) in [5, 5.41) is 11.6. The lowest BCUT2D eigenvalue weighted by molar-refractivity contribution is 0.592. The molecule has 0 bridgehead atoms. The molecule has 0 unspecified atom stereocenters. The second kappa shape index (κ2) is 7.80. The van der Waals surface area contributed by atoms with E-state index in [1.807, 2.05) is 12.1 Å². The summed E-state index contributed by atoms with van der Waals surface area (Å²) in [7, 11) is 0. The van der Waals surface area contributed by atoms with Gasteiger partial charge in [-0.05, 0) is 49.2 Å². The van der Waals surface area contributed by atoms with Crippen molar-refractivity contribution < 1.29 is 4.39 Å². The maximum Gasteiger partial charge on any atom is 0.247 e. The highest BCUT2D eigenvalue weighted by atomic mass is 19.1. The summed E-state index contributed by atoms with van der Waals surface area (Å²) in [6, 6.07) is 13.2. The maximum atomic E-state index is 14.0. The molecule has 3 aromatic rings. The van der Waals surface area contributed by atoms with Crippen molar-refractivity contribution in [3.8, 4) is 0 Å². The molecule has 28 heavy (non-hydrogen) atoms. The average Bonchev–Trinajstić information content (AvgIpc) is 2.68. The van der Waals surface area contributed by atoms with Gasteiger partial charge in [-0.2, -0.15) is 10.1 Å². The largest absolute Gasteiger partial charge is 0.366 e. The molecule has 1 fully saturated rings. The van der Waals surface area contributed by atoms with Crippen LogP contribution >= 0.6 is 0 Å². The van der Waals surface area contributed by atoms with Gasteiger partial charge in [-0.25, -0.2) is 4.39 Å². The molecule has 144 valence electrons. The van der Waals surface area contributed by atoms with Crippen LogP contribution < -0.4 is 15.1 Å². The number of nitrogens with zero attached hydrogens (tertiary/aromatic N) is 5. The fourth-order valence-electron chi connectivity index (χ4n) is 3.54. The Morgan fingerprint density at radius 3 is 2.32 bits per heavy atom. The monoisotopic (exact) mass is 378 g/mol. The van der Waals surface area contributed by atoms with Gasteiger partial charge in [-0.3, -0.25) is 0 Å². The third kappa shape index (κ3) is 4.03. The Bertz CT molecular complexity index is 948. The number of rotatable bonds is 4. The van der Waals surface area contributed by atoms with Crippen molar-refractivity contribution in [2.75, 3.05) is 41.3 Å². The van der Waals surface area contributed by atoms with E-state index in [-0.39, 0.29) is 5.82 Å². The molecule has 0 atom stereocenters. The van der Waals surface area contributed by atoms with E-state index < -0.39 is 0 Å². The first-order valence-corrected chi connectivity index (χ1v) is 9.38. The zero-order chi connectivity index (χ0) is 19.5. The number of anilines is 4. The molecule has 2 aromatic carbocycles. The van der Waals surface area contributed by atoms with Gasteiger partial charge in [0.25, 0.3) is 0 Å². The normalized spacial score (nSPS) is 14.2. The lowest BCUT2D eigenvalue weighted by atomic mass is 10.1. The quantitative estimate of drug-likeness (QED) is 0.747. The minimum absolute atomic E-state index is 0.187. The zero-order valence-electron chi connectivity index (χ0n) is 16.1. The fraction of sp³-hybridized carbons (Fsp3) is 0.286. The van der Waals surface area contributed by atoms with Crippen molar-refractivity contribution in [3.63, 3.8) is 0 Å². The smallest absolute Gasteiger partial charge is 0.247 e. The number of aromatic nitrogens is 3. The molecule has 1 N–H and O–H groups in total. The fourth-order valence-corrected chi connectivity index (χ4v) is 3.54. The molecule has 0 aliphatic carbocycles. The van der Waals surface area contributed by atoms with Crippen LogP contribution in [0.25, 0.3) is 0 Å². The Kier molecular flexibility index (Phi) is 5.06. The van der Waals surface area contributed by atoms with Crippen LogP contribution in [0.2, 0.25) is 0 Å². The third-order valence-electron chi connectivity index (χ3n) is 4.80. The first-order valence-electron chi connectivity index (χ1n) is 9.38. The van der Waals surface area contributed by atoms with Crippen LogP contribution in [-0.4, -0.2) is 41.4 Å². The molecular formula is C21H23FN6. The van der Waals surface area contributed by atoms with Crippen molar-refractivity contribution in [2.45, 2.75) is 13.8 Å². The maximum absolute atomic E-state index is 14.0. The van der Waals surface area contributed by atoms with E-state index in [4.69, 9.17) is 0 Å². The predicted octanol–water partition coefficient (Wildman–Crippen LogP) is 3.70. The Labute approximate surface area is 164 Å². The number of para-hydroxylation sites is 1. The van der Waals surface area contributed by atoms with Crippen LogP contribution in [0, 0.1) is 19.7 Å². The van der Waals surface area contributed by atoms with Gasteiger partial charge in [0.15, 0.2) is 5.82 Å². The lowest BCUT2D eigenvalue weighted by Gasteiger charge is -2.36. The molecule has 1 aliphatic heterocycles. The first kappa shape index (κ1) is 18.2. The van der Waals surface area contributed by atoms with E-state index >= 15 is 0 Å². The van der Waals surface area contributed by atoms with Crippen molar-refractivity contribution >= 4 is 23.1 Å². The molecule has 1 aromatic heterocycles. The van der Waals surface area contributed by atoms with Gasteiger partial charge in [0, 0.05) is 31.9 Å². The van der Waals surface area contributed by atoms with Crippen LogP contribution in [-0.2, 0) is 0 Å². The van der Waals surface area contributed by atoms with Crippen molar-refractivity contribution in [1.29, 1.82) is 0 Å². The first-order chi connectivity index (χ1) is 13.6. The van der Waals surface area contributed by atoms with Crippen LogP contribution in [0.1, 0.15) is 11.1 Å². The highest BCUT2D eigenvalue weighted by Crippen LogP contribution is 2.22. The Hall–Kier alpha value is -3.22. The van der Waals surface area contributed by atoms with E-state index in [0.29, 0.717) is 43.6 Å². The molecule has 0 radical (unpaired) electrons. The summed E-state index contributed by atoms with van der Waals surface area (Å²) in [5.41, 5.74) is 4.00. The SMILES string of the molecule is Cc1cc(C)cc(Nc2cnnc(N3CCN(c4ccccc4F)CC3)n2)c1. The van der Waals surface area contributed by atoms with E-state index in [9.17, 15) is 4.39 Å². The number of piperazine rings is 1. The Morgan fingerprint density at radius 2 is 1.61 bits per heavy atom. The van der Waals surface area contributed by atoms with Gasteiger partial charge < -0.3 is 15.1 Å². The number of halogens is 1.